The van der Waals surface area contributed by atoms with Crippen LogP contribution in [0.1, 0.15) is 122 Å². The van der Waals surface area contributed by atoms with Gasteiger partial charge in [-0.3, -0.25) is 28.6 Å². The molecule has 0 aliphatic carbocycles. The number of nitrogens with zero attached hydrogens (tertiary/aromatic N) is 9. The van der Waals surface area contributed by atoms with Crippen LogP contribution in [0.4, 0.5) is 29.0 Å². The molecule has 6 heterocycles. The van der Waals surface area contributed by atoms with E-state index in [1.54, 1.807) is 17.5 Å². The minimum absolute atomic E-state index is 0.0126. The Morgan fingerprint density at radius 2 is 1.53 bits per heavy atom. The number of benzene rings is 3. The maximum atomic E-state index is 14.2. The second kappa shape index (κ2) is 25.9. The minimum atomic E-state index is -0.852. The van der Waals surface area contributed by atoms with Crippen LogP contribution < -0.4 is 26.2 Å². The van der Waals surface area contributed by atoms with E-state index in [1.807, 2.05) is 107 Å². The number of aryl methyl sites for hydroxylation is 1. The van der Waals surface area contributed by atoms with Crippen molar-refractivity contribution in [3.8, 4) is 10.4 Å². The van der Waals surface area contributed by atoms with Crippen molar-refractivity contribution in [2.45, 2.75) is 136 Å². The fraction of sp³-hybridized carbons (Fsp3) is 0.500. The number of amides is 4. The van der Waals surface area contributed by atoms with Crippen molar-refractivity contribution < 1.29 is 24.3 Å². The van der Waals surface area contributed by atoms with Gasteiger partial charge < -0.3 is 41.1 Å². The molecule has 18 nitrogen and oxygen atoms in total. The summed E-state index contributed by atoms with van der Waals surface area (Å²) in [5, 5.41) is 23.7. The summed E-state index contributed by atoms with van der Waals surface area (Å²) in [6.07, 6.45) is 8.53. The fourth-order valence-corrected chi connectivity index (χ4v) is 12.0. The average Bonchev–Trinajstić information content (AvgIpc) is 4.28. The van der Waals surface area contributed by atoms with Crippen molar-refractivity contribution in [1.29, 1.82) is 0 Å². The van der Waals surface area contributed by atoms with Crippen molar-refractivity contribution in [3.05, 3.63) is 102 Å². The highest BCUT2D eigenvalue weighted by atomic mass is 32.1. The lowest BCUT2D eigenvalue weighted by atomic mass is 9.85. The summed E-state index contributed by atoms with van der Waals surface area (Å²) in [5.74, 6) is 0.458. The Morgan fingerprint density at radius 1 is 0.810 bits per heavy atom. The van der Waals surface area contributed by atoms with E-state index in [0.717, 1.165) is 123 Å². The number of aromatic nitrogens is 5. The van der Waals surface area contributed by atoms with E-state index in [2.05, 4.69) is 69.9 Å². The highest BCUT2D eigenvalue weighted by Gasteiger charge is 2.45. The normalized spacial score (nSPS) is 18.8. The topological polar surface area (TPSA) is 206 Å². The molecule has 5 atom stereocenters. The average molecular weight is 1090 g/mol. The van der Waals surface area contributed by atoms with Crippen molar-refractivity contribution >= 4 is 75.1 Å². The Bertz CT molecular complexity index is 3010. The van der Waals surface area contributed by atoms with Gasteiger partial charge >= 0.3 is 0 Å². The molecule has 3 aliphatic rings. The van der Waals surface area contributed by atoms with E-state index < -0.39 is 23.6 Å². The third-order valence-corrected chi connectivity index (χ3v) is 16.7. The number of unbranched alkanes of at least 4 members (excludes halogenated alkanes) is 4. The third-order valence-electron chi connectivity index (χ3n) is 15.7. The molecule has 420 valence electrons. The smallest absolute Gasteiger partial charge is 0.246 e. The zero-order valence-corrected chi connectivity index (χ0v) is 47.6. The van der Waals surface area contributed by atoms with Gasteiger partial charge in [0.1, 0.15) is 17.6 Å². The molecule has 3 fully saturated rings. The van der Waals surface area contributed by atoms with Gasteiger partial charge in [0.05, 0.1) is 40.5 Å². The molecule has 19 heteroatoms. The molecule has 0 bridgehead atoms. The molecular formula is C60H79N13O5S. The van der Waals surface area contributed by atoms with Crippen LogP contribution in [-0.2, 0) is 19.2 Å². The monoisotopic (exact) mass is 1090 g/mol. The van der Waals surface area contributed by atoms with Gasteiger partial charge in [0.25, 0.3) is 0 Å². The van der Waals surface area contributed by atoms with Gasteiger partial charge in [-0.25, -0.2) is 15.0 Å². The fourth-order valence-electron chi connectivity index (χ4n) is 11.2. The molecule has 3 aromatic heterocycles. The number of carbonyl (C=O) groups excluding carboxylic acids is 4. The molecule has 9 rings (SSSR count). The summed E-state index contributed by atoms with van der Waals surface area (Å²) in [7, 11) is 0. The summed E-state index contributed by atoms with van der Waals surface area (Å²) in [4.78, 5) is 82.5. The number of piperidine rings is 1. The zero-order valence-electron chi connectivity index (χ0n) is 46.8. The Kier molecular flexibility index (Phi) is 18.6. The number of anilines is 5. The largest absolute Gasteiger partial charge is 0.391 e. The van der Waals surface area contributed by atoms with E-state index in [9.17, 15) is 24.3 Å². The van der Waals surface area contributed by atoms with Crippen molar-refractivity contribution in [2.24, 2.45) is 5.41 Å². The summed E-state index contributed by atoms with van der Waals surface area (Å²) in [6, 6.07) is 24.4. The molecule has 79 heavy (non-hydrogen) atoms. The van der Waals surface area contributed by atoms with Gasteiger partial charge in [0, 0.05) is 82.1 Å². The SMILES string of the molecule is CCC(=O)N1CCC[C@H](n2c(Nc3ccccc3)nc3cnc(Nc4ccc(N5CCN(CCCCCCCC(=O)N[C@H](C(=O)N6C[C@H](O)C[C@H]6C(=O)N[C@@H](C)c6ccc(-c7scnc7C)cc6)C(C)(C)C)CC5)cc4)nc32)C1. The molecule has 0 saturated carbocycles. The van der Waals surface area contributed by atoms with Gasteiger partial charge in [-0.05, 0) is 99.0 Å². The van der Waals surface area contributed by atoms with E-state index >= 15 is 0 Å². The number of thiazole rings is 1. The maximum absolute atomic E-state index is 14.2. The molecule has 0 spiro atoms. The Labute approximate surface area is 468 Å². The van der Waals surface area contributed by atoms with Crippen LogP contribution >= 0.6 is 11.3 Å². The number of carbonyl (C=O) groups is 4. The van der Waals surface area contributed by atoms with Crippen LogP contribution in [0.15, 0.2) is 90.6 Å². The first-order valence-electron chi connectivity index (χ1n) is 28.4. The maximum Gasteiger partial charge on any atom is 0.246 e. The number of imidazole rings is 1. The second-order valence-electron chi connectivity index (χ2n) is 22.6. The van der Waals surface area contributed by atoms with Gasteiger partial charge in [-0.1, -0.05) is 89.4 Å². The summed E-state index contributed by atoms with van der Waals surface area (Å²) >= 11 is 1.59. The Hall–Kier alpha value is -6.96. The lowest BCUT2D eigenvalue weighted by molar-refractivity contribution is -0.144. The number of hydrogen-bond donors (Lipinski definition) is 5. The zero-order chi connectivity index (χ0) is 55.6. The quantitative estimate of drug-likeness (QED) is 0.0427. The third kappa shape index (κ3) is 14.3. The van der Waals surface area contributed by atoms with Crippen LogP contribution in [-0.4, -0.2) is 138 Å². The van der Waals surface area contributed by atoms with Crippen LogP contribution in [0.5, 0.6) is 0 Å². The van der Waals surface area contributed by atoms with E-state index in [4.69, 9.17) is 9.97 Å². The van der Waals surface area contributed by atoms with Crippen molar-refractivity contribution in [1.82, 2.24) is 49.8 Å². The standard InChI is InChI=1S/C60H79N13O5S/c1-7-52(76)71-30-16-19-47(37-71)73-55-49(66-59(73)65-44-17-12-11-13-18-44)36-61-58(68-55)64-45-25-27-46(28-26-45)70-33-31-69(32-34-70)29-15-10-8-9-14-20-51(75)67-54(60(4,5)6)57(78)72-38-48(74)35-50(72)56(77)63-40(2)42-21-23-43(24-22-42)53-41(3)62-39-79-53/h11-13,17-18,21-28,36,39-40,47-48,50,54,74H,7-10,14-16,19-20,29-35,37-38H2,1-6H3,(H,63,77)(H,65,66)(H,67,75)(H,61,64,68)/t40-,47-,48+,50-,54+/m0/s1. The number of likely N-dealkylation sites (tertiary alicyclic amines) is 2. The molecular weight excluding hydrogens is 1010 g/mol. The van der Waals surface area contributed by atoms with Gasteiger partial charge in [-0.15, -0.1) is 11.3 Å². The van der Waals surface area contributed by atoms with Crippen LogP contribution in [0, 0.1) is 12.3 Å². The first kappa shape index (κ1) is 56.7. The number of piperazine rings is 1. The van der Waals surface area contributed by atoms with Crippen LogP contribution in [0.2, 0.25) is 0 Å². The first-order chi connectivity index (χ1) is 38.1. The highest BCUT2D eigenvalue weighted by Crippen LogP contribution is 2.34. The van der Waals surface area contributed by atoms with Crippen LogP contribution in [0.3, 0.4) is 0 Å². The summed E-state index contributed by atoms with van der Waals surface area (Å²) in [6.45, 7) is 17.9. The number of para-hydroxylation sites is 1. The first-order valence-corrected chi connectivity index (χ1v) is 29.3. The highest BCUT2D eigenvalue weighted by molar-refractivity contribution is 7.13. The number of aliphatic hydroxyl groups is 1. The predicted octanol–water partition coefficient (Wildman–Crippen LogP) is 9.15. The van der Waals surface area contributed by atoms with Gasteiger partial charge in [-0.2, -0.15) is 4.98 Å². The van der Waals surface area contributed by atoms with E-state index in [0.29, 0.717) is 36.8 Å². The van der Waals surface area contributed by atoms with Gasteiger partial charge in [0.15, 0.2) is 5.65 Å². The Balaban J connectivity index is 0.688. The van der Waals surface area contributed by atoms with Crippen LogP contribution in [0.25, 0.3) is 21.6 Å². The molecule has 0 radical (unpaired) electrons. The van der Waals surface area contributed by atoms with Gasteiger partial charge in [0.2, 0.25) is 35.5 Å². The summed E-state index contributed by atoms with van der Waals surface area (Å²) < 4.78 is 2.14. The molecule has 6 aromatic rings. The molecule has 5 N–H and O–H groups in total. The van der Waals surface area contributed by atoms with E-state index in [-0.39, 0.29) is 48.7 Å². The molecule has 3 saturated heterocycles. The molecule has 3 aliphatic heterocycles. The number of fused-ring (bicyclic) bond motifs is 1. The number of rotatable bonds is 21. The lowest BCUT2D eigenvalue weighted by Crippen LogP contribution is -2.57. The summed E-state index contributed by atoms with van der Waals surface area (Å²) in [5.41, 5.74) is 8.57. The minimum Gasteiger partial charge on any atom is -0.391 e. The van der Waals surface area contributed by atoms with E-state index in [1.165, 1.54) is 10.6 Å². The number of hydrogen-bond acceptors (Lipinski definition) is 14. The van der Waals surface area contributed by atoms with Crippen molar-refractivity contribution in [2.75, 3.05) is 67.9 Å². The lowest BCUT2D eigenvalue weighted by Gasteiger charge is -2.36. The number of β-amino-alcohol motifs (C(OH)–C–C–N with tert-alkyl or cyclic N) is 1. The second-order valence-corrected chi connectivity index (χ2v) is 23.4. The molecule has 0 unspecified atom stereocenters. The van der Waals surface area contributed by atoms with Crippen molar-refractivity contribution in [3.63, 3.8) is 0 Å². The Morgan fingerprint density at radius 3 is 2.24 bits per heavy atom. The number of aliphatic hydroxyl groups excluding tert-OH is 1. The molecule has 4 amide bonds. The molecule has 3 aromatic carbocycles. The predicted molar refractivity (Wildman–Crippen MR) is 313 cm³/mol. The number of nitrogens with one attached hydrogen (secondary N) is 4.